The number of aromatic nitrogens is 1. The first kappa shape index (κ1) is 25.8. The van der Waals surface area contributed by atoms with Gasteiger partial charge in [0.15, 0.2) is 0 Å². The summed E-state index contributed by atoms with van der Waals surface area (Å²) in [6.45, 7) is 2.20. The molecule has 11 nitrogen and oxygen atoms in total. The Labute approximate surface area is 226 Å². The van der Waals surface area contributed by atoms with Crippen molar-refractivity contribution < 1.29 is 34.1 Å². The van der Waals surface area contributed by atoms with Crippen molar-refractivity contribution in [2.24, 2.45) is 5.92 Å². The third-order valence-corrected chi connectivity index (χ3v) is 9.30. The van der Waals surface area contributed by atoms with Gasteiger partial charge in [-0.2, -0.15) is 0 Å². The van der Waals surface area contributed by atoms with Gasteiger partial charge < -0.3 is 24.8 Å². The normalized spacial score (nSPS) is 23.4. The number of carbonyl (C=O) groups is 3. The maximum absolute atomic E-state index is 15.3. The lowest BCUT2D eigenvalue weighted by Gasteiger charge is -2.42. The van der Waals surface area contributed by atoms with Crippen LogP contribution in [0.15, 0.2) is 33.7 Å². The summed E-state index contributed by atoms with van der Waals surface area (Å²) in [6.07, 6.45) is 3.38. The van der Waals surface area contributed by atoms with E-state index in [2.05, 4.69) is 4.90 Å². The summed E-state index contributed by atoms with van der Waals surface area (Å²) in [5, 5.41) is 28.2. The van der Waals surface area contributed by atoms with Gasteiger partial charge in [-0.1, -0.05) is 0 Å². The average molecular weight is 559 g/mol. The number of carboxylic acids is 2. The molecule has 4 aliphatic rings. The minimum atomic E-state index is -1.34. The number of carboxylic acid groups (broad SMARTS) is 2. The van der Waals surface area contributed by atoms with Crippen molar-refractivity contribution in [1.82, 2.24) is 14.4 Å². The first-order valence-electron chi connectivity index (χ1n) is 12.9. The molecule has 1 aromatic carbocycles. The Morgan fingerprint density at radius 3 is 2.38 bits per heavy atom. The van der Waals surface area contributed by atoms with Crippen LogP contribution in [0.2, 0.25) is 0 Å². The lowest BCUT2D eigenvalue weighted by molar-refractivity contribution is -0.152. The zero-order chi connectivity index (χ0) is 27.6. The number of piperazine rings is 1. The highest BCUT2D eigenvalue weighted by Crippen LogP contribution is 2.50. The van der Waals surface area contributed by atoms with Crippen LogP contribution in [0.4, 0.5) is 10.1 Å². The molecule has 206 valence electrons. The first-order valence-corrected chi connectivity index (χ1v) is 13.7. The van der Waals surface area contributed by atoms with Gasteiger partial charge in [-0.15, -0.1) is 11.8 Å². The molecule has 0 bridgehead atoms. The standard InChI is InChI=1S/C26H27FN4O7S/c27-17-9-15-18(30(13-1-2-13)11-16(22(15)33)25(35)36)10-19(17)29-6-4-28(5-7-29)12-20-21(26(37)38)31-23(34)14(3-8-32)24(31)39-20/h9-11,13-14,24,32H,1-8,12H2,(H,35,36)(H,37,38)/t14-,24+/m0/s1. The number of β-lactam (4-membered cyclic amide) rings is 1. The molecule has 1 amide bonds. The van der Waals surface area contributed by atoms with E-state index < -0.39 is 23.2 Å². The highest BCUT2D eigenvalue weighted by Gasteiger charge is 2.55. The number of pyridine rings is 1. The predicted molar refractivity (Wildman–Crippen MR) is 140 cm³/mol. The zero-order valence-corrected chi connectivity index (χ0v) is 21.7. The quantitative estimate of drug-likeness (QED) is 0.408. The Morgan fingerprint density at radius 2 is 1.77 bits per heavy atom. The monoisotopic (exact) mass is 558 g/mol. The number of amides is 1. The summed E-state index contributed by atoms with van der Waals surface area (Å²) >= 11 is 1.36. The van der Waals surface area contributed by atoms with Crippen molar-refractivity contribution in [3.8, 4) is 0 Å². The van der Waals surface area contributed by atoms with Gasteiger partial charge in [0.2, 0.25) is 11.3 Å². The van der Waals surface area contributed by atoms with Crippen LogP contribution in [-0.4, -0.2) is 92.2 Å². The van der Waals surface area contributed by atoms with Crippen molar-refractivity contribution in [2.45, 2.75) is 30.7 Å². The minimum Gasteiger partial charge on any atom is -0.477 e. The summed E-state index contributed by atoms with van der Waals surface area (Å²) in [4.78, 5) is 54.6. The van der Waals surface area contributed by atoms with Crippen molar-refractivity contribution in [1.29, 1.82) is 0 Å². The summed E-state index contributed by atoms with van der Waals surface area (Å²) < 4.78 is 17.0. The summed E-state index contributed by atoms with van der Waals surface area (Å²) in [5.74, 6) is -3.75. The maximum Gasteiger partial charge on any atom is 0.353 e. The fraction of sp³-hybridized carbons (Fsp3) is 0.462. The molecule has 3 fully saturated rings. The number of thioether (sulfide) groups is 1. The van der Waals surface area contributed by atoms with E-state index in [4.69, 9.17) is 0 Å². The Balaban J connectivity index is 1.21. The van der Waals surface area contributed by atoms with Crippen LogP contribution in [0, 0.1) is 11.7 Å². The van der Waals surface area contributed by atoms with Gasteiger partial charge in [0.25, 0.3) is 0 Å². The molecule has 0 radical (unpaired) electrons. The number of rotatable bonds is 8. The van der Waals surface area contributed by atoms with Gasteiger partial charge >= 0.3 is 11.9 Å². The number of aliphatic carboxylic acids is 1. The number of fused-ring (bicyclic) bond motifs is 2. The Kier molecular flexibility index (Phi) is 6.39. The van der Waals surface area contributed by atoms with Gasteiger partial charge in [0.05, 0.1) is 22.5 Å². The smallest absolute Gasteiger partial charge is 0.353 e. The van der Waals surface area contributed by atoms with E-state index in [9.17, 15) is 34.5 Å². The largest absolute Gasteiger partial charge is 0.477 e. The van der Waals surface area contributed by atoms with Gasteiger partial charge in [-0.05, 0) is 31.4 Å². The van der Waals surface area contributed by atoms with Crippen molar-refractivity contribution >= 4 is 46.2 Å². The number of aromatic carboxylic acids is 1. The second-order valence-electron chi connectivity index (χ2n) is 10.3. The molecule has 1 aliphatic carbocycles. The number of carbonyl (C=O) groups excluding carboxylic acids is 1. The van der Waals surface area contributed by atoms with Gasteiger partial charge in [0, 0.05) is 61.9 Å². The third-order valence-electron chi connectivity index (χ3n) is 7.92. The minimum absolute atomic E-state index is 0.00553. The molecule has 2 saturated heterocycles. The number of anilines is 1. The van der Waals surface area contributed by atoms with E-state index in [1.54, 1.807) is 10.6 Å². The molecule has 4 heterocycles. The lowest BCUT2D eigenvalue weighted by atomic mass is 9.94. The van der Waals surface area contributed by atoms with Gasteiger partial charge in [-0.25, -0.2) is 14.0 Å². The Hall–Kier alpha value is -3.42. The van der Waals surface area contributed by atoms with Gasteiger partial charge in [0.1, 0.15) is 17.1 Å². The van der Waals surface area contributed by atoms with Crippen LogP contribution < -0.4 is 10.3 Å². The molecule has 3 N–H and O–H groups in total. The molecule has 39 heavy (non-hydrogen) atoms. The van der Waals surface area contributed by atoms with Crippen LogP contribution in [0.5, 0.6) is 0 Å². The molecule has 1 saturated carbocycles. The van der Waals surface area contributed by atoms with Crippen molar-refractivity contribution in [2.75, 3.05) is 44.2 Å². The number of nitrogens with zero attached hydrogens (tertiary/aromatic N) is 4. The molecule has 2 aromatic rings. The molecular formula is C26H27FN4O7S. The summed E-state index contributed by atoms with van der Waals surface area (Å²) in [7, 11) is 0. The Morgan fingerprint density at radius 1 is 1.05 bits per heavy atom. The van der Waals surface area contributed by atoms with Crippen LogP contribution in [-0.2, 0) is 9.59 Å². The molecule has 0 spiro atoms. The molecule has 0 unspecified atom stereocenters. The average Bonchev–Trinajstić information content (AvgIpc) is 3.69. The van der Waals surface area contributed by atoms with E-state index in [0.29, 0.717) is 55.3 Å². The van der Waals surface area contributed by atoms with E-state index in [0.717, 1.165) is 18.9 Å². The first-order chi connectivity index (χ1) is 18.7. The van der Waals surface area contributed by atoms with Crippen molar-refractivity contribution in [3.63, 3.8) is 0 Å². The van der Waals surface area contributed by atoms with Crippen LogP contribution in [0.3, 0.4) is 0 Å². The van der Waals surface area contributed by atoms with E-state index in [-0.39, 0.29) is 46.5 Å². The zero-order valence-electron chi connectivity index (χ0n) is 20.9. The van der Waals surface area contributed by atoms with E-state index >= 15 is 4.39 Å². The second-order valence-corrected chi connectivity index (χ2v) is 11.5. The van der Waals surface area contributed by atoms with Crippen molar-refractivity contribution in [3.05, 3.63) is 50.5 Å². The van der Waals surface area contributed by atoms with Crippen LogP contribution in [0.25, 0.3) is 10.9 Å². The molecular weight excluding hydrogens is 531 g/mol. The third kappa shape index (κ3) is 4.28. The molecule has 2 atom stereocenters. The number of aliphatic hydroxyl groups excluding tert-OH is 1. The number of hydrogen-bond acceptors (Lipinski definition) is 8. The van der Waals surface area contributed by atoms with E-state index in [1.165, 1.54) is 22.9 Å². The molecule has 3 aliphatic heterocycles. The van der Waals surface area contributed by atoms with Crippen LogP contribution in [0.1, 0.15) is 35.7 Å². The summed E-state index contributed by atoms with van der Waals surface area (Å²) in [5.41, 5.74) is -0.223. The fourth-order valence-corrected chi connectivity index (χ4v) is 7.31. The second kappa shape index (κ2) is 9.65. The topological polar surface area (TPSA) is 144 Å². The number of hydrogen-bond donors (Lipinski definition) is 3. The maximum atomic E-state index is 15.3. The summed E-state index contributed by atoms with van der Waals surface area (Å²) in [6, 6.07) is 2.84. The highest BCUT2D eigenvalue weighted by atomic mass is 32.2. The van der Waals surface area contributed by atoms with E-state index in [1.807, 2.05) is 4.90 Å². The number of benzene rings is 1. The van der Waals surface area contributed by atoms with Gasteiger partial charge in [-0.3, -0.25) is 19.4 Å². The lowest BCUT2D eigenvalue weighted by Crippen LogP contribution is -2.57. The number of halogens is 1. The fourth-order valence-electron chi connectivity index (χ4n) is 5.73. The Bertz CT molecular complexity index is 1500. The number of aliphatic hydroxyl groups is 1. The molecule has 1 aromatic heterocycles. The predicted octanol–water partition coefficient (Wildman–Crippen LogP) is 1.51. The molecule has 6 rings (SSSR count). The van der Waals surface area contributed by atoms with Crippen LogP contribution >= 0.6 is 11.8 Å². The highest BCUT2D eigenvalue weighted by molar-refractivity contribution is 8.04. The SMILES string of the molecule is O=C(O)C1=C(CN2CCN(c3cc4c(cc3F)c(=O)c(C(=O)O)cn4C3CC3)CC2)S[C@@H]2[C@@H](CCO)C(=O)N12. The molecule has 13 heteroatoms.